The van der Waals surface area contributed by atoms with E-state index in [4.69, 9.17) is 9.47 Å². The molecule has 0 aliphatic carbocycles. The van der Waals surface area contributed by atoms with Crippen LogP contribution < -0.4 is 15.4 Å². The van der Waals surface area contributed by atoms with E-state index in [1.807, 2.05) is 25.1 Å². The Labute approximate surface area is 140 Å². The third kappa shape index (κ3) is 3.21. The summed E-state index contributed by atoms with van der Waals surface area (Å²) in [5.41, 5.74) is 3.81. The minimum atomic E-state index is -0.309. The SMILES string of the molecule is COc1nn(C)c(C)c1NC(=O)NC[C@@H]1OCCc2ccccc21. The second kappa shape index (κ2) is 6.92. The molecular formula is C17H22N4O3. The van der Waals surface area contributed by atoms with Crippen molar-refractivity contribution in [3.05, 3.63) is 41.1 Å². The number of carbonyl (C=O) groups excluding carboxylic acids is 1. The first-order valence-corrected chi connectivity index (χ1v) is 7.92. The maximum atomic E-state index is 12.2. The lowest BCUT2D eigenvalue weighted by Crippen LogP contribution is -2.34. The molecule has 7 nitrogen and oxygen atoms in total. The van der Waals surface area contributed by atoms with Gasteiger partial charge in [-0.3, -0.25) is 4.68 Å². The van der Waals surface area contributed by atoms with E-state index in [0.29, 0.717) is 24.7 Å². The van der Waals surface area contributed by atoms with Crippen LogP contribution in [0.5, 0.6) is 5.88 Å². The number of hydrogen-bond donors (Lipinski definition) is 2. The number of hydrogen-bond acceptors (Lipinski definition) is 4. The summed E-state index contributed by atoms with van der Waals surface area (Å²) in [6.45, 7) is 2.94. The highest BCUT2D eigenvalue weighted by Gasteiger charge is 2.22. The molecule has 1 atom stereocenters. The number of aryl methyl sites for hydroxylation is 1. The summed E-state index contributed by atoms with van der Waals surface area (Å²) in [6.07, 6.45) is 0.780. The van der Waals surface area contributed by atoms with Crippen LogP contribution in [0.2, 0.25) is 0 Å². The van der Waals surface area contributed by atoms with Crippen molar-refractivity contribution < 1.29 is 14.3 Å². The largest absolute Gasteiger partial charge is 0.478 e. The van der Waals surface area contributed by atoms with E-state index in [2.05, 4.69) is 21.8 Å². The molecule has 0 fully saturated rings. The molecule has 0 radical (unpaired) electrons. The number of aromatic nitrogens is 2. The molecule has 1 aromatic carbocycles. The van der Waals surface area contributed by atoms with Gasteiger partial charge >= 0.3 is 6.03 Å². The Balaban J connectivity index is 1.63. The number of anilines is 1. The molecule has 0 saturated carbocycles. The van der Waals surface area contributed by atoms with Crippen molar-refractivity contribution in [3.63, 3.8) is 0 Å². The molecule has 2 heterocycles. The van der Waals surface area contributed by atoms with Crippen LogP contribution >= 0.6 is 0 Å². The van der Waals surface area contributed by atoms with Crippen LogP contribution in [-0.2, 0) is 18.2 Å². The molecule has 0 saturated heterocycles. The van der Waals surface area contributed by atoms with Gasteiger partial charge in [0, 0.05) is 13.6 Å². The lowest BCUT2D eigenvalue weighted by Gasteiger charge is -2.26. The predicted octanol–water partition coefficient (Wildman–Crippen LogP) is 2.17. The molecule has 2 aromatic rings. The summed E-state index contributed by atoms with van der Waals surface area (Å²) in [6, 6.07) is 7.86. The zero-order valence-corrected chi connectivity index (χ0v) is 14.1. The van der Waals surface area contributed by atoms with Gasteiger partial charge in [-0.25, -0.2) is 4.79 Å². The number of nitrogens with one attached hydrogen (secondary N) is 2. The molecule has 0 spiro atoms. The molecule has 7 heteroatoms. The van der Waals surface area contributed by atoms with E-state index in [0.717, 1.165) is 17.7 Å². The molecule has 24 heavy (non-hydrogen) atoms. The number of nitrogens with zero attached hydrogens (tertiary/aromatic N) is 2. The van der Waals surface area contributed by atoms with Crippen LogP contribution in [0.25, 0.3) is 0 Å². The highest BCUT2D eigenvalue weighted by molar-refractivity contribution is 5.91. The quantitative estimate of drug-likeness (QED) is 0.901. The smallest absolute Gasteiger partial charge is 0.319 e. The van der Waals surface area contributed by atoms with Gasteiger partial charge in [0.1, 0.15) is 11.8 Å². The van der Waals surface area contributed by atoms with Crippen LogP contribution in [0.15, 0.2) is 24.3 Å². The average Bonchev–Trinajstić information content (AvgIpc) is 2.87. The first-order chi connectivity index (χ1) is 11.6. The summed E-state index contributed by atoms with van der Waals surface area (Å²) < 4.78 is 12.6. The van der Waals surface area contributed by atoms with Crippen LogP contribution in [0.1, 0.15) is 22.9 Å². The number of amides is 2. The summed E-state index contributed by atoms with van der Waals surface area (Å²) in [5.74, 6) is 0.393. The van der Waals surface area contributed by atoms with E-state index in [9.17, 15) is 4.79 Å². The first kappa shape index (κ1) is 16.3. The summed E-state index contributed by atoms with van der Waals surface area (Å²) >= 11 is 0. The van der Waals surface area contributed by atoms with E-state index in [1.165, 1.54) is 12.7 Å². The number of rotatable bonds is 4. The Hall–Kier alpha value is -2.54. The van der Waals surface area contributed by atoms with E-state index < -0.39 is 0 Å². The molecule has 1 aliphatic rings. The second-order valence-corrected chi connectivity index (χ2v) is 5.74. The lowest BCUT2D eigenvalue weighted by molar-refractivity contribution is 0.0444. The Bertz CT molecular complexity index is 741. The van der Waals surface area contributed by atoms with Gasteiger partial charge in [0.2, 0.25) is 0 Å². The maximum absolute atomic E-state index is 12.2. The van der Waals surface area contributed by atoms with Crippen molar-refractivity contribution in [2.75, 3.05) is 25.6 Å². The molecule has 128 valence electrons. The standard InChI is InChI=1S/C17H22N4O3/c1-11-15(16(23-3)20-21(11)2)19-17(22)18-10-14-13-7-5-4-6-12(13)8-9-24-14/h4-7,14H,8-10H2,1-3H3,(H2,18,19,22)/t14-/m0/s1. The number of carbonyl (C=O) groups is 1. The zero-order chi connectivity index (χ0) is 17.1. The molecule has 3 rings (SSSR count). The van der Waals surface area contributed by atoms with Gasteiger partial charge in [0.05, 0.1) is 19.4 Å². The van der Waals surface area contributed by atoms with Crippen molar-refractivity contribution >= 4 is 11.7 Å². The number of ether oxygens (including phenoxy) is 2. The second-order valence-electron chi connectivity index (χ2n) is 5.74. The maximum Gasteiger partial charge on any atom is 0.319 e. The van der Waals surface area contributed by atoms with E-state index in [-0.39, 0.29) is 12.1 Å². The van der Waals surface area contributed by atoms with Crippen LogP contribution in [-0.4, -0.2) is 36.1 Å². The Kier molecular flexibility index (Phi) is 4.71. The highest BCUT2D eigenvalue weighted by Crippen LogP contribution is 2.27. The van der Waals surface area contributed by atoms with E-state index >= 15 is 0 Å². The number of benzene rings is 1. The Morgan fingerprint density at radius 2 is 2.25 bits per heavy atom. The summed E-state index contributed by atoms with van der Waals surface area (Å²) in [4.78, 5) is 12.2. The molecule has 2 amide bonds. The third-order valence-corrected chi connectivity index (χ3v) is 4.27. The number of urea groups is 1. The molecular weight excluding hydrogens is 308 g/mol. The molecule has 0 unspecified atom stereocenters. The van der Waals surface area contributed by atoms with Gasteiger partial charge in [0.15, 0.2) is 0 Å². The van der Waals surface area contributed by atoms with Crippen molar-refractivity contribution in [3.8, 4) is 5.88 Å². The number of fused-ring (bicyclic) bond motifs is 1. The Morgan fingerprint density at radius 3 is 3.04 bits per heavy atom. The monoisotopic (exact) mass is 330 g/mol. The van der Waals surface area contributed by atoms with Crippen molar-refractivity contribution in [2.24, 2.45) is 7.05 Å². The molecule has 1 aromatic heterocycles. The molecule has 1 aliphatic heterocycles. The fourth-order valence-corrected chi connectivity index (χ4v) is 2.85. The van der Waals surface area contributed by atoms with Crippen molar-refractivity contribution in [1.29, 1.82) is 0 Å². The molecule has 2 N–H and O–H groups in total. The fourth-order valence-electron chi connectivity index (χ4n) is 2.85. The van der Waals surface area contributed by atoms with Crippen LogP contribution in [0.3, 0.4) is 0 Å². The summed E-state index contributed by atoms with van der Waals surface area (Å²) in [7, 11) is 3.32. The van der Waals surface area contributed by atoms with Gasteiger partial charge in [-0.2, -0.15) is 0 Å². The fraction of sp³-hybridized carbons (Fsp3) is 0.412. The van der Waals surface area contributed by atoms with Crippen molar-refractivity contribution in [1.82, 2.24) is 15.1 Å². The highest BCUT2D eigenvalue weighted by atomic mass is 16.5. The van der Waals surface area contributed by atoms with Gasteiger partial charge in [-0.1, -0.05) is 24.3 Å². The van der Waals surface area contributed by atoms with Gasteiger partial charge < -0.3 is 20.1 Å². The third-order valence-electron chi connectivity index (χ3n) is 4.27. The van der Waals surface area contributed by atoms with Crippen LogP contribution in [0.4, 0.5) is 10.5 Å². The first-order valence-electron chi connectivity index (χ1n) is 7.92. The normalized spacial score (nSPS) is 16.4. The lowest BCUT2D eigenvalue weighted by atomic mass is 9.98. The van der Waals surface area contributed by atoms with Gasteiger partial charge in [-0.15, -0.1) is 5.10 Å². The minimum absolute atomic E-state index is 0.127. The Morgan fingerprint density at radius 1 is 1.46 bits per heavy atom. The van der Waals surface area contributed by atoms with Crippen LogP contribution in [0, 0.1) is 6.92 Å². The average molecular weight is 330 g/mol. The predicted molar refractivity (Wildman–Crippen MR) is 90.4 cm³/mol. The summed E-state index contributed by atoms with van der Waals surface area (Å²) in [5, 5.41) is 9.85. The van der Waals surface area contributed by atoms with Gasteiger partial charge in [0.25, 0.3) is 5.88 Å². The molecule has 0 bridgehead atoms. The minimum Gasteiger partial charge on any atom is -0.478 e. The zero-order valence-electron chi connectivity index (χ0n) is 14.1. The van der Waals surface area contributed by atoms with Crippen molar-refractivity contribution in [2.45, 2.75) is 19.4 Å². The topological polar surface area (TPSA) is 77.4 Å². The van der Waals surface area contributed by atoms with Gasteiger partial charge in [-0.05, 0) is 24.5 Å². The van der Waals surface area contributed by atoms with E-state index in [1.54, 1.807) is 11.7 Å². The number of methoxy groups -OCH3 is 1.